The first kappa shape index (κ1) is 14.6. The molecule has 0 saturated carbocycles. The van der Waals surface area contributed by atoms with Gasteiger partial charge in [-0.05, 0) is 23.6 Å². The van der Waals surface area contributed by atoms with E-state index >= 15 is 0 Å². The van der Waals surface area contributed by atoms with E-state index in [1.54, 1.807) is 18.2 Å². The number of rotatable bonds is 4. The first-order valence-corrected chi connectivity index (χ1v) is 6.38. The first-order valence-electron chi connectivity index (χ1n) is 6.38. The zero-order chi connectivity index (χ0) is 14.6. The number of aryl methyl sites for hydroxylation is 1. The van der Waals surface area contributed by atoms with Gasteiger partial charge in [0, 0.05) is 6.54 Å². The van der Waals surface area contributed by atoms with Gasteiger partial charge in [0.05, 0.1) is 0 Å². The van der Waals surface area contributed by atoms with Crippen molar-refractivity contribution in [2.75, 3.05) is 0 Å². The van der Waals surface area contributed by atoms with E-state index in [4.69, 9.17) is 0 Å². The van der Waals surface area contributed by atoms with Crippen molar-refractivity contribution in [3.8, 4) is 0 Å². The molecule has 4 heteroatoms. The van der Waals surface area contributed by atoms with Gasteiger partial charge in [-0.15, -0.1) is 0 Å². The van der Waals surface area contributed by atoms with Gasteiger partial charge in [-0.1, -0.05) is 54.6 Å². The second-order valence-electron chi connectivity index (χ2n) is 4.69. The summed E-state index contributed by atoms with van der Waals surface area (Å²) < 4.78 is 39.4. The lowest BCUT2D eigenvalue weighted by Gasteiger charge is -2.22. The Bertz CT molecular complexity index is 549. The quantitative estimate of drug-likeness (QED) is 0.875. The second kappa shape index (κ2) is 6.09. The van der Waals surface area contributed by atoms with Crippen molar-refractivity contribution in [3.05, 3.63) is 71.3 Å². The molecule has 1 atom stereocenters. The van der Waals surface area contributed by atoms with Crippen molar-refractivity contribution >= 4 is 0 Å². The van der Waals surface area contributed by atoms with Crippen molar-refractivity contribution in [1.29, 1.82) is 0 Å². The minimum absolute atomic E-state index is 0.186. The van der Waals surface area contributed by atoms with E-state index in [0.29, 0.717) is 0 Å². The molecule has 0 aliphatic carbocycles. The number of alkyl halides is 3. The fourth-order valence-corrected chi connectivity index (χ4v) is 2.09. The molecule has 0 aliphatic rings. The van der Waals surface area contributed by atoms with Crippen LogP contribution in [0.2, 0.25) is 0 Å². The fraction of sp³-hybridized carbons (Fsp3) is 0.250. The van der Waals surface area contributed by atoms with Crippen LogP contribution in [0.3, 0.4) is 0 Å². The van der Waals surface area contributed by atoms with Gasteiger partial charge in [0.25, 0.3) is 0 Å². The minimum Gasteiger partial charge on any atom is -0.298 e. The van der Waals surface area contributed by atoms with Gasteiger partial charge in [-0.2, -0.15) is 13.2 Å². The van der Waals surface area contributed by atoms with Crippen LogP contribution < -0.4 is 5.32 Å². The lowest BCUT2D eigenvalue weighted by Crippen LogP contribution is -2.33. The molecular weight excluding hydrogens is 263 g/mol. The predicted molar refractivity (Wildman–Crippen MR) is 73.3 cm³/mol. The number of hydrogen-bond donors (Lipinski definition) is 1. The monoisotopic (exact) mass is 279 g/mol. The number of benzene rings is 2. The highest BCUT2D eigenvalue weighted by molar-refractivity contribution is 5.26. The summed E-state index contributed by atoms with van der Waals surface area (Å²) in [5, 5.41) is 2.61. The van der Waals surface area contributed by atoms with Crippen LogP contribution in [0, 0.1) is 6.92 Å². The standard InChI is InChI=1S/C16H16F3N/c1-12-7-5-6-10-14(12)11-20-15(16(17,18)19)13-8-3-2-4-9-13/h2-10,15,20H,11H2,1H3. The van der Waals surface area contributed by atoms with Crippen molar-refractivity contribution in [2.24, 2.45) is 0 Å². The SMILES string of the molecule is Cc1ccccc1CNC(c1ccccc1)C(F)(F)F. The molecule has 0 spiro atoms. The van der Waals surface area contributed by atoms with Gasteiger partial charge in [0.1, 0.15) is 6.04 Å². The van der Waals surface area contributed by atoms with Crippen LogP contribution in [0.15, 0.2) is 54.6 Å². The maximum absolute atomic E-state index is 13.1. The molecule has 1 N–H and O–H groups in total. The summed E-state index contributed by atoms with van der Waals surface area (Å²) in [6.07, 6.45) is -4.32. The van der Waals surface area contributed by atoms with Crippen molar-refractivity contribution in [2.45, 2.75) is 25.7 Å². The number of halogens is 3. The molecule has 0 saturated heterocycles. The largest absolute Gasteiger partial charge is 0.407 e. The van der Waals surface area contributed by atoms with Gasteiger partial charge >= 0.3 is 6.18 Å². The van der Waals surface area contributed by atoms with Crippen molar-refractivity contribution < 1.29 is 13.2 Å². The summed E-state index contributed by atoms with van der Waals surface area (Å²) in [4.78, 5) is 0. The Kier molecular flexibility index (Phi) is 4.45. The molecule has 2 rings (SSSR count). The normalized spacial score (nSPS) is 13.2. The van der Waals surface area contributed by atoms with E-state index in [1.807, 2.05) is 31.2 Å². The average molecular weight is 279 g/mol. The third-order valence-electron chi connectivity index (χ3n) is 3.22. The summed E-state index contributed by atoms with van der Waals surface area (Å²) in [6.45, 7) is 2.08. The maximum Gasteiger partial charge on any atom is 0.407 e. The van der Waals surface area contributed by atoms with E-state index in [-0.39, 0.29) is 12.1 Å². The van der Waals surface area contributed by atoms with Crippen LogP contribution in [0.1, 0.15) is 22.7 Å². The zero-order valence-corrected chi connectivity index (χ0v) is 11.1. The summed E-state index contributed by atoms with van der Waals surface area (Å²) in [5.74, 6) is 0. The maximum atomic E-state index is 13.1. The molecule has 0 radical (unpaired) electrons. The van der Waals surface area contributed by atoms with Gasteiger partial charge in [-0.3, -0.25) is 5.32 Å². The Hall–Kier alpha value is -1.81. The third kappa shape index (κ3) is 3.61. The Labute approximate surface area is 116 Å². The highest BCUT2D eigenvalue weighted by Gasteiger charge is 2.40. The van der Waals surface area contributed by atoms with E-state index in [0.717, 1.165) is 11.1 Å². The Morgan fingerprint density at radius 1 is 0.950 bits per heavy atom. The van der Waals surface area contributed by atoms with Gasteiger partial charge < -0.3 is 0 Å². The lowest BCUT2D eigenvalue weighted by molar-refractivity contribution is -0.158. The lowest BCUT2D eigenvalue weighted by atomic mass is 10.0. The minimum atomic E-state index is -4.32. The molecule has 2 aromatic carbocycles. The second-order valence-corrected chi connectivity index (χ2v) is 4.69. The smallest absolute Gasteiger partial charge is 0.298 e. The van der Waals surface area contributed by atoms with Crippen LogP contribution in [-0.4, -0.2) is 6.18 Å². The van der Waals surface area contributed by atoms with E-state index in [2.05, 4.69) is 5.32 Å². The van der Waals surface area contributed by atoms with Crippen LogP contribution in [0.25, 0.3) is 0 Å². The van der Waals surface area contributed by atoms with Crippen LogP contribution in [0.4, 0.5) is 13.2 Å². The van der Waals surface area contributed by atoms with E-state index in [9.17, 15) is 13.2 Å². The molecule has 2 aromatic rings. The molecule has 0 bridgehead atoms. The Morgan fingerprint density at radius 3 is 2.15 bits per heavy atom. The molecule has 1 nitrogen and oxygen atoms in total. The van der Waals surface area contributed by atoms with E-state index in [1.165, 1.54) is 12.1 Å². The summed E-state index contributed by atoms with van der Waals surface area (Å²) in [7, 11) is 0. The highest BCUT2D eigenvalue weighted by atomic mass is 19.4. The van der Waals surface area contributed by atoms with Crippen LogP contribution >= 0.6 is 0 Å². The zero-order valence-electron chi connectivity index (χ0n) is 11.1. The molecule has 20 heavy (non-hydrogen) atoms. The molecule has 0 heterocycles. The fourth-order valence-electron chi connectivity index (χ4n) is 2.09. The summed E-state index contributed by atoms with van der Waals surface area (Å²) in [6, 6.07) is 13.7. The molecule has 0 fully saturated rings. The molecule has 0 aromatic heterocycles. The van der Waals surface area contributed by atoms with Crippen molar-refractivity contribution in [1.82, 2.24) is 5.32 Å². The molecular formula is C16H16F3N. The van der Waals surface area contributed by atoms with Crippen LogP contribution in [-0.2, 0) is 6.54 Å². The Morgan fingerprint density at radius 2 is 1.55 bits per heavy atom. The molecule has 0 aliphatic heterocycles. The van der Waals surface area contributed by atoms with Crippen LogP contribution in [0.5, 0.6) is 0 Å². The predicted octanol–water partition coefficient (Wildman–Crippen LogP) is 4.39. The Balaban J connectivity index is 2.16. The van der Waals surface area contributed by atoms with Gasteiger partial charge in [0.2, 0.25) is 0 Å². The molecule has 1 unspecified atom stereocenters. The molecule has 106 valence electrons. The number of hydrogen-bond acceptors (Lipinski definition) is 1. The van der Waals surface area contributed by atoms with Gasteiger partial charge in [-0.25, -0.2) is 0 Å². The summed E-state index contributed by atoms with van der Waals surface area (Å²) in [5.41, 5.74) is 2.08. The van der Waals surface area contributed by atoms with E-state index < -0.39 is 12.2 Å². The summed E-state index contributed by atoms with van der Waals surface area (Å²) >= 11 is 0. The topological polar surface area (TPSA) is 12.0 Å². The molecule has 0 amide bonds. The first-order chi connectivity index (χ1) is 9.48. The van der Waals surface area contributed by atoms with Crippen molar-refractivity contribution in [3.63, 3.8) is 0 Å². The van der Waals surface area contributed by atoms with Gasteiger partial charge in [0.15, 0.2) is 0 Å². The average Bonchev–Trinajstić information content (AvgIpc) is 2.41. The highest BCUT2D eigenvalue weighted by Crippen LogP contribution is 2.32. The number of nitrogens with one attached hydrogen (secondary N) is 1. The third-order valence-corrected chi connectivity index (χ3v) is 3.22.